The number of carboxylic acids is 1. The van der Waals surface area contributed by atoms with E-state index in [0.717, 1.165) is 68.2 Å². The number of carbonyl (C=O) groups is 2. The lowest BCUT2D eigenvalue weighted by Gasteiger charge is -2.61. The van der Waals surface area contributed by atoms with Crippen molar-refractivity contribution < 1.29 is 19.2 Å². The van der Waals surface area contributed by atoms with Gasteiger partial charge in [-0.05, 0) is 81.0 Å². The molecular formula is C26H38N2O4. The Kier molecular flexibility index (Phi) is 5.41. The highest BCUT2D eigenvalue weighted by molar-refractivity contribution is 5.78. The molecule has 6 rings (SSSR count). The van der Waals surface area contributed by atoms with Crippen molar-refractivity contribution in [1.82, 2.24) is 10.5 Å². The van der Waals surface area contributed by atoms with Crippen LogP contribution in [-0.2, 0) is 9.59 Å². The third-order valence-corrected chi connectivity index (χ3v) is 8.24. The number of hydrogen-bond acceptors (Lipinski definition) is 4. The Morgan fingerprint density at radius 2 is 1.88 bits per heavy atom. The summed E-state index contributed by atoms with van der Waals surface area (Å²) < 4.78 is 5.96. The first-order valence-electron chi connectivity index (χ1n) is 12.6. The molecule has 1 aromatic rings. The van der Waals surface area contributed by atoms with Gasteiger partial charge in [0.1, 0.15) is 5.76 Å². The molecule has 2 bridgehead atoms. The van der Waals surface area contributed by atoms with Crippen LogP contribution in [0.4, 0.5) is 0 Å². The predicted molar refractivity (Wildman–Crippen MR) is 120 cm³/mol. The van der Waals surface area contributed by atoms with E-state index in [9.17, 15) is 14.7 Å². The van der Waals surface area contributed by atoms with Crippen LogP contribution in [0.1, 0.15) is 126 Å². The Labute approximate surface area is 190 Å². The highest BCUT2D eigenvalue weighted by Gasteiger charge is 2.57. The standard InChI is InChI=1S/C26H38N2O4/c1-25(2,3)11-15-8-19(9-15)24-22(17-4-5-17)23(28-32-24)18(6-7-21(30)31)10-20(29)27-26-12-16(13-26)14-26/h15-19H,4-14H2,1-3H3,(H,27,29)(H,30,31)/t15-,16?,18-,19+,26?/m0/s1. The normalized spacial score (nSPS) is 31.8. The molecule has 0 radical (unpaired) electrons. The first kappa shape index (κ1) is 22.0. The third-order valence-electron chi connectivity index (χ3n) is 8.24. The molecule has 5 aliphatic rings. The fourth-order valence-corrected chi connectivity index (χ4v) is 6.51. The quantitative estimate of drug-likeness (QED) is 0.500. The summed E-state index contributed by atoms with van der Waals surface area (Å²) in [6.07, 6.45) is 9.92. The molecule has 0 saturated heterocycles. The highest BCUT2D eigenvalue weighted by atomic mass is 16.5. The van der Waals surface area contributed by atoms with Crippen molar-refractivity contribution in [3.8, 4) is 0 Å². The van der Waals surface area contributed by atoms with Crippen molar-refractivity contribution >= 4 is 11.9 Å². The minimum Gasteiger partial charge on any atom is -0.481 e. The van der Waals surface area contributed by atoms with Gasteiger partial charge in [-0.3, -0.25) is 9.59 Å². The summed E-state index contributed by atoms with van der Waals surface area (Å²) >= 11 is 0. The van der Waals surface area contributed by atoms with Crippen molar-refractivity contribution in [3.63, 3.8) is 0 Å². The topological polar surface area (TPSA) is 92.4 Å². The van der Waals surface area contributed by atoms with Gasteiger partial charge in [0.15, 0.2) is 0 Å². The average Bonchev–Trinajstić information content (AvgIpc) is 3.35. The average molecular weight is 443 g/mol. The highest BCUT2D eigenvalue weighted by Crippen LogP contribution is 2.57. The van der Waals surface area contributed by atoms with Crippen molar-refractivity contribution in [2.45, 2.75) is 115 Å². The van der Waals surface area contributed by atoms with Crippen LogP contribution in [0.3, 0.4) is 0 Å². The van der Waals surface area contributed by atoms with E-state index < -0.39 is 5.97 Å². The molecule has 1 heterocycles. The molecule has 5 aliphatic carbocycles. The van der Waals surface area contributed by atoms with E-state index in [0.29, 0.717) is 30.1 Å². The Hall–Kier alpha value is -1.85. The van der Waals surface area contributed by atoms with E-state index in [4.69, 9.17) is 4.52 Å². The number of aliphatic carboxylic acids is 1. The molecule has 6 nitrogen and oxygen atoms in total. The van der Waals surface area contributed by atoms with Gasteiger partial charge in [-0.1, -0.05) is 25.9 Å². The second-order valence-corrected chi connectivity index (χ2v) is 12.6. The monoisotopic (exact) mass is 442 g/mol. The zero-order valence-corrected chi connectivity index (χ0v) is 19.8. The fourth-order valence-electron chi connectivity index (χ4n) is 6.51. The van der Waals surface area contributed by atoms with Crippen LogP contribution in [0, 0.1) is 17.3 Å². The number of carbonyl (C=O) groups excluding carboxylic acids is 1. The minimum absolute atomic E-state index is 0.0405. The molecule has 0 spiro atoms. The van der Waals surface area contributed by atoms with Gasteiger partial charge < -0.3 is 14.9 Å². The fraction of sp³-hybridized carbons (Fsp3) is 0.808. The van der Waals surface area contributed by atoms with Gasteiger partial charge in [0.05, 0.1) is 5.69 Å². The maximum absolute atomic E-state index is 12.9. The van der Waals surface area contributed by atoms with Crippen LogP contribution in [-0.4, -0.2) is 27.7 Å². The van der Waals surface area contributed by atoms with Gasteiger partial charge in [0, 0.05) is 35.8 Å². The van der Waals surface area contributed by atoms with Crippen LogP contribution in [0.15, 0.2) is 4.52 Å². The Morgan fingerprint density at radius 1 is 1.19 bits per heavy atom. The lowest BCUT2D eigenvalue weighted by molar-refractivity contribution is -0.138. The molecule has 2 N–H and O–H groups in total. The van der Waals surface area contributed by atoms with Crippen molar-refractivity contribution in [2.24, 2.45) is 17.3 Å². The number of amides is 1. The lowest BCUT2D eigenvalue weighted by Crippen LogP contribution is -2.68. The third kappa shape index (κ3) is 4.47. The Morgan fingerprint density at radius 3 is 2.41 bits per heavy atom. The van der Waals surface area contributed by atoms with Gasteiger partial charge in [0.25, 0.3) is 0 Å². The molecule has 0 aromatic carbocycles. The second kappa shape index (κ2) is 7.88. The van der Waals surface area contributed by atoms with Crippen LogP contribution >= 0.6 is 0 Å². The first-order chi connectivity index (χ1) is 15.1. The van der Waals surface area contributed by atoms with Crippen LogP contribution in [0.5, 0.6) is 0 Å². The first-order valence-corrected chi connectivity index (χ1v) is 12.6. The van der Waals surface area contributed by atoms with Crippen LogP contribution in [0.25, 0.3) is 0 Å². The summed E-state index contributed by atoms with van der Waals surface area (Å²) in [5.74, 6) is 2.51. The van der Waals surface area contributed by atoms with Gasteiger partial charge in [0.2, 0.25) is 5.91 Å². The van der Waals surface area contributed by atoms with E-state index in [2.05, 4.69) is 31.2 Å². The SMILES string of the molecule is CC(C)(C)C[C@H]1C[C@@H](c2onc([C@@H](CCC(=O)O)CC(=O)NC34CC(C3)C4)c2C2CC2)C1. The molecule has 1 amide bonds. The molecule has 0 aliphatic heterocycles. The maximum atomic E-state index is 12.9. The summed E-state index contributed by atoms with van der Waals surface area (Å²) in [7, 11) is 0. The molecule has 1 aromatic heterocycles. The van der Waals surface area contributed by atoms with Gasteiger partial charge in [-0.15, -0.1) is 0 Å². The molecule has 6 heteroatoms. The van der Waals surface area contributed by atoms with Crippen LogP contribution in [0.2, 0.25) is 0 Å². The Balaban J connectivity index is 1.30. The summed E-state index contributed by atoms with van der Waals surface area (Å²) in [6.45, 7) is 6.90. The number of nitrogens with zero attached hydrogens (tertiary/aromatic N) is 1. The molecule has 5 saturated carbocycles. The molecule has 0 unspecified atom stereocenters. The molecular weight excluding hydrogens is 404 g/mol. The predicted octanol–water partition coefficient (Wildman–Crippen LogP) is 5.49. The van der Waals surface area contributed by atoms with Crippen molar-refractivity contribution in [2.75, 3.05) is 0 Å². The van der Waals surface area contributed by atoms with Gasteiger partial charge in [-0.25, -0.2) is 0 Å². The number of nitrogens with one attached hydrogen (secondary N) is 1. The van der Waals surface area contributed by atoms with E-state index in [1.165, 1.54) is 12.0 Å². The van der Waals surface area contributed by atoms with E-state index in [1.54, 1.807) is 0 Å². The van der Waals surface area contributed by atoms with Crippen LogP contribution < -0.4 is 5.32 Å². The summed E-state index contributed by atoms with van der Waals surface area (Å²) in [4.78, 5) is 24.2. The van der Waals surface area contributed by atoms with Crippen molar-refractivity contribution in [3.05, 3.63) is 17.0 Å². The largest absolute Gasteiger partial charge is 0.481 e. The summed E-state index contributed by atoms with van der Waals surface area (Å²) in [5, 5.41) is 17.0. The minimum atomic E-state index is -0.824. The molecule has 5 fully saturated rings. The zero-order chi connectivity index (χ0) is 22.7. The number of carboxylic acid groups (broad SMARTS) is 1. The van der Waals surface area contributed by atoms with E-state index in [1.807, 2.05) is 0 Å². The molecule has 176 valence electrons. The van der Waals surface area contributed by atoms with Gasteiger partial charge in [-0.2, -0.15) is 0 Å². The maximum Gasteiger partial charge on any atom is 0.303 e. The summed E-state index contributed by atoms with van der Waals surface area (Å²) in [6, 6.07) is 0. The second-order valence-electron chi connectivity index (χ2n) is 12.6. The van der Waals surface area contributed by atoms with E-state index in [-0.39, 0.29) is 23.8 Å². The Bertz CT molecular complexity index is 871. The van der Waals surface area contributed by atoms with Crippen molar-refractivity contribution in [1.29, 1.82) is 0 Å². The molecule has 1 atom stereocenters. The van der Waals surface area contributed by atoms with Gasteiger partial charge >= 0.3 is 5.97 Å². The summed E-state index contributed by atoms with van der Waals surface area (Å²) in [5.41, 5.74) is 2.48. The zero-order valence-electron chi connectivity index (χ0n) is 19.8. The number of aromatic nitrogens is 1. The van der Waals surface area contributed by atoms with E-state index >= 15 is 0 Å². The lowest BCUT2D eigenvalue weighted by atomic mass is 9.50. The molecule has 32 heavy (non-hydrogen) atoms. The smallest absolute Gasteiger partial charge is 0.303 e. The number of rotatable bonds is 10. The number of hydrogen-bond donors (Lipinski definition) is 2.